The minimum atomic E-state index is -0.609. The van der Waals surface area contributed by atoms with Crippen LogP contribution in [0.5, 0.6) is 0 Å². The topological polar surface area (TPSA) is 82.2 Å². The van der Waals surface area contributed by atoms with Crippen molar-refractivity contribution >= 4 is 28.5 Å². The number of aryl methyl sites for hydroxylation is 1. The highest BCUT2D eigenvalue weighted by Gasteiger charge is 2.28. The maximum atomic E-state index is 13.6. The monoisotopic (exact) mass is 425 g/mol. The molecule has 6 nitrogen and oxygen atoms in total. The van der Waals surface area contributed by atoms with Crippen LogP contribution in [-0.2, 0) is 17.9 Å². The second-order valence-electron chi connectivity index (χ2n) is 8.00. The highest BCUT2D eigenvalue weighted by Crippen LogP contribution is 2.31. The molecule has 1 aliphatic heterocycles. The van der Waals surface area contributed by atoms with Crippen molar-refractivity contribution in [2.75, 3.05) is 5.32 Å². The number of hydrogen-bond donors (Lipinski definition) is 2. The zero-order chi connectivity index (χ0) is 21.4. The summed E-state index contributed by atoms with van der Waals surface area (Å²) in [6.07, 6.45) is 8.30. The molecule has 1 aromatic heterocycles. The first kappa shape index (κ1) is 20.5. The van der Waals surface area contributed by atoms with E-state index in [0.717, 1.165) is 23.3 Å². The maximum Gasteiger partial charge on any atom is 0.272 e. The second-order valence-corrected chi connectivity index (χ2v) is 9.45. The molecule has 1 fully saturated rings. The third kappa shape index (κ3) is 4.09. The van der Waals surface area contributed by atoms with E-state index in [-0.39, 0.29) is 17.5 Å². The lowest BCUT2D eigenvalue weighted by molar-refractivity contribution is 0.101. The third-order valence-electron chi connectivity index (χ3n) is 5.19. The normalized spacial score (nSPS) is 20.7. The molecule has 2 heterocycles. The average Bonchev–Trinajstić information content (AvgIpc) is 3.48. The Kier molecular flexibility index (Phi) is 5.58. The fourth-order valence-electron chi connectivity index (χ4n) is 3.30. The number of hydrogen-bond acceptors (Lipinski definition) is 3. The Bertz CT molecular complexity index is 1110. The van der Waals surface area contributed by atoms with Gasteiger partial charge in [0, 0.05) is 41.4 Å². The minimum Gasteiger partial charge on any atom is -0.345 e. The van der Waals surface area contributed by atoms with Gasteiger partial charge in [-0.3, -0.25) is 4.79 Å². The summed E-state index contributed by atoms with van der Waals surface area (Å²) in [6, 6.07) is 6.33. The van der Waals surface area contributed by atoms with Crippen molar-refractivity contribution in [3.05, 3.63) is 53.1 Å². The molecule has 1 saturated carbocycles. The third-order valence-corrected chi connectivity index (χ3v) is 6.94. The first-order valence-electron chi connectivity index (χ1n) is 9.97. The number of nitrogens with zero attached hydrogens (tertiary/aromatic N) is 3. The predicted molar refractivity (Wildman–Crippen MR) is 116 cm³/mol. The van der Waals surface area contributed by atoms with Crippen molar-refractivity contribution in [1.29, 1.82) is 5.26 Å². The Morgan fingerprint density at radius 1 is 1.43 bits per heavy atom. The van der Waals surface area contributed by atoms with Crippen molar-refractivity contribution < 1.29 is 9.18 Å². The lowest BCUT2D eigenvalue weighted by atomic mass is 10.0. The fraction of sp³-hybridized carbons (Fsp3) is 0.364. The van der Waals surface area contributed by atoms with Gasteiger partial charge in [-0.05, 0) is 37.0 Å². The highest BCUT2D eigenvalue weighted by atomic mass is 32.2. The molecule has 0 bridgehead atoms. The van der Waals surface area contributed by atoms with E-state index in [1.54, 1.807) is 10.6 Å². The Labute approximate surface area is 178 Å². The first-order chi connectivity index (χ1) is 14.4. The molecular formula is C22H24FN5OS. The summed E-state index contributed by atoms with van der Waals surface area (Å²) < 4.78 is 24.0. The van der Waals surface area contributed by atoms with Crippen LogP contribution >= 0.6 is 0 Å². The molecule has 8 heteroatoms. The number of halogens is 1. The number of fused-ring (bicyclic) bond motifs is 1. The molecule has 156 valence electrons. The number of amides is 1. The van der Waals surface area contributed by atoms with Gasteiger partial charge >= 0.3 is 0 Å². The molecule has 0 saturated heterocycles. The van der Waals surface area contributed by atoms with E-state index in [9.17, 15) is 9.18 Å². The fourth-order valence-corrected chi connectivity index (χ4v) is 5.35. The smallest absolute Gasteiger partial charge is 0.272 e. The molecule has 4 rings (SSSR count). The van der Waals surface area contributed by atoms with Crippen molar-refractivity contribution in [2.24, 2.45) is 17.3 Å². The largest absolute Gasteiger partial charge is 0.345 e. The molecule has 2 N–H and O–H groups in total. The van der Waals surface area contributed by atoms with Gasteiger partial charge in [-0.15, -0.1) is 0 Å². The van der Waals surface area contributed by atoms with Gasteiger partial charge in [0.15, 0.2) is 0 Å². The summed E-state index contributed by atoms with van der Waals surface area (Å²) in [5, 5.41) is 11.8. The summed E-state index contributed by atoms with van der Waals surface area (Å²) in [5.74, 6) is -0.524. The van der Waals surface area contributed by atoms with E-state index in [1.807, 2.05) is 19.3 Å². The van der Waals surface area contributed by atoms with Gasteiger partial charge in [-0.2, -0.15) is 5.26 Å². The Morgan fingerprint density at radius 3 is 2.87 bits per heavy atom. The minimum absolute atomic E-state index is 0.104. The standard InChI is InChI=1S/C22H24FN5OS/c1-13(2)19-9-7-17-20(30(27-19)26-15-4-5-15)12-28(3)21(17)22(29)25-16-6-8-18(23)14(10-16)11-24/h6-10,12-13,15,19H,4-5H2,1-3H3,(H,25,29)(H,26,27). The molecule has 2 atom stereocenters. The number of carbonyl (C=O) groups is 1. The van der Waals surface area contributed by atoms with Crippen molar-refractivity contribution in [3.63, 3.8) is 0 Å². The zero-order valence-electron chi connectivity index (χ0n) is 17.1. The van der Waals surface area contributed by atoms with Crippen molar-refractivity contribution in [1.82, 2.24) is 9.29 Å². The summed E-state index contributed by atoms with van der Waals surface area (Å²) in [6.45, 7) is 4.32. The van der Waals surface area contributed by atoms with Crippen LogP contribution in [-0.4, -0.2) is 22.6 Å². The molecule has 0 radical (unpaired) electrons. The zero-order valence-corrected chi connectivity index (χ0v) is 18.0. The summed E-state index contributed by atoms with van der Waals surface area (Å²) in [4.78, 5) is 14.1. The van der Waals surface area contributed by atoms with Crippen LogP contribution in [0, 0.1) is 23.1 Å². The molecule has 1 aliphatic carbocycles. The van der Waals surface area contributed by atoms with E-state index >= 15 is 0 Å². The van der Waals surface area contributed by atoms with Gasteiger partial charge in [-0.1, -0.05) is 26.0 Å². The number of carbonyl (C=O) groups excluding carboxylic acids is 1. The van der Waals surface area contributed by atoms with Crippen LogP contribution in [0.3, 0.4) is 0 Å². The second kappa shape index (κ2) is 8.17. The lowest BCUT2D eigenvalue weighted by Crippen LogP contribution is -2.32. The van der Waals surface area contributed by atoms with Gasteiger partial charge in [0.05, 0.1) is 16.5 Å². The average molecular weight is 426 g/mol. The number of rotatable bonds is 4. The number of aromatic nitrogens is 1. The Balaban J connectivity index is 1.72. The van der Waals surface area contributed by atoms with E-state index in [0.29, 0.717) is 23.3 Å². The number of nitriles is 1. The number of nitrogens with one attached hydrogen (secondary N) is 2. The van der Waals surface area contributed by atoms with Crippen LogP contribution in [0.2, 0.25) is 0 Å². The highest BCUT2D eigenvalue weighted by molar-refractivity contribution is 7.85. The molecule has 1 aromatic carbocycles. The predicted octanol–water partition coefficient (Wildman–Crippen LogP) is 4.17. The summed E-state index contributed by atoms with van der Waals surface area (Å²) in [5.41, 5.74) is 1.64. The van der Waals surface area contributed by atoms with E-state index < -0.39 is 16.7 Å². The van der Waals surface area contributed by atoms with Crippen LogP contribution in [0.15, 0.2) is 39.7 Å². The van der Waals surface area contributed by atoms with Crippen LogP contribution in [0.4, 0.5) is 10.1 Å². The van der Waals surface area contributed by atoms with Crippen molar-refractivity contribution in [2.45, 2.75) is 43.7 Å². The van der Waals surface area contributed by atoms with Gasteiger partial charge in [-0.25, -0.2) is 13.5 Å². The number of anilines is 1. The number of benzene rings is 1. The SMILES string of the molecule is CC(C)C1C=Cc2c(cn(C)c2C(=O)Nc2ccc(F)c(C#N)c2)/S(=N\C2CC2)N1. The van der Waals surface area contributed by atoms with E-state index in [1.165, 1.54) is 18.2 Å². The molecule has 2 unspecified atom stereocenters. The Hall–Kier alpha value is -2.76. The Morgan fingerprint density at radius 2 is 2.20 bits per heavy atom. The molecule has 2 aliphatic rings. The van der Waals surface area contributed by atoms with Crippen LogP contribution in [0.1, 0.15) is 48.3 Å². The van der Waals surface area contributed by atoms with E-state index in [4.69, 9.17) is 9.62 Å². The summed E-state index contributed by atoms with van der Waals surface area (Å²) >= 11 is 0. The molecule has 2 aromatic rings. The lowest BCUT2D eigenvalue weighted by Gasteiger charge is -2.19. The van der Waals surface area contributed by atoms with Crippen LogP contribution in [0.25, 0.3) is 6.08 Å². The maximum absolute atomic E-state index is 13.6. The quantitative estimate of drug-likeness (QED) is 0.771. The van der Waals surface area contributed by atoms with Crippen molar-refractivity contribution in [3.8, 4) is 6.07 Å². The first-order valence-corrected chi connectivity index (χ1v) is 11.2. The van der Waals surface area contributed by atoms with Crippen LogP contribution < -0.4 is 10.0 Å². The van der Waals surface area contributed by atoms with E-state index in [2.05, 4.69) is 30.0 Å². The molecule has 1 amide bonds. The van der Waals surface area contributed by atoms with Gasteiger partial charge in [0.25, 0.3) is 5.91 Å². The van der Waals surface area contributed by atoms with Gasteiger partial charge in [0.2, 0.25) is 0 Å². The summed E-state index contributed by atoms with van der Waals surface area (Å²) in [7, 11) is 1.34. The molecular weight excluding hydrogens is 401 g/mol. The molecule has 0 spiro atoms. The van der Waals surface area contributed by atoms with Gasteiger partial charge < -0.3 is 9.88 Å². The van der Waals surface area contributed by atoms with Gasteiger partial charge in [0.1, 0.15) is 17.6 Å². The molecule has 30 heavy (non-hydrogen) atoms.